The van der Waals surface area contributed by atoms with Gasteiger partial charge in [-0.05, 0) is 95.2 Å². The summed E-state index contributed by atoms with van der Waals surface area (Å²) >= 11 is 0. The smallest absolute Gasteiger partial charge is 0.408 e. The number of rotatable bonds is 9. The summed E-state index contributed by atoms with van der Waals surface area (Å²) in [4.78, 5) is 32.9. The monoisotopic (exact) mass is 595 g/mol. The molecule has 0 unspecified atom stereocenters. The fourth-order valence-electron chi connectivity index (χ4n) is 6.47. The topological polar surface area (TPSA) is 64.1 Å². The number of unbranched alkanes of at least 4 members (excludes halogenated alkanes) is 1. The van der Waals surface area contributed by atoms with Gasteiger partial charge in [0, 0.05) is 31.5 Å². The number of ketones is 1. The normalized spacial score (nSPS) is 23.5. The molecule has 1 amide bonds. The maximum Gasteiger partial charge on any atom is 0.408 e. The van der Waals surface area contributed by atoms with E-state index in [0.717, 1.165) is 36.1 Å². The maximum atomic E-state index is 14.9. The molecule has 2 aromatic rings. The van der Waals surface area contributed by atoms with Crippen LogP contribution in [0.15, 0.2) is 36.4 Å². The van der Waals surface area contributed by atoms with Crippen LogP contribution < -0.4 is 0 Å². The summed E-state index contributed by atoms with van der Waals surface area (Å²) in [7, 11) is 3.88. The van der Waals surface area contributed by atoms with Crippen molar-refractivity contribution in [3.63, 3.8) is 0 Å². The van der Waals surface area contributed by atoms with E-state index in [-0.39, 0.29) is 49.4 Å². The minimum Gasteiger partial charge on any atom is -0.508 e. The molecule has 2 fully saturated rings. The number of carbonyl (C=O) groups excluding carboxylic acids is 2. The number of nitrogens with zero attached hydrogens (tertiary/aromatic N) is 3. The average Bonchev–Trinajstić information content (AvgIpc) is 3.44. The van der Waals surface area contributed by atoms with E-state index in [1.54, 1.807) is 6.07 Å². The van der Waals surface area contributed by atoms with Crippen LogP contribution in [-0.4, -0.2) is 90.5 Å². The van der Waals surface area contributed by atoms with E-state index in [0.29, 0.717) is 18.5 Å². The van der Waals surface area contributed by atoms with Gasteiger partial charge in [-0.2, -0.15) is 13.2 Å². The molecule has 0 saturated carbocycles. The van der Waals surface area contributed by atoms with Crippen molar-refractivity contribution in [3.05, 3.63) is 64.7 Å². The van der Waals surface area contributed by atoms with Gasteiger partial charge in [0.2, 0.25) is 5.91 Å². The molecule has 42 heavy (non-hydrogen) atoms. The van der Waals surface area contributed by atoms with Crippen LogP contribution >= 0.6 is 0 Å². The van der Waals surface area contributed by atoms with Gasteiger partial charge in [0.1, 0.15) is 23.4 Å². The second kappa shape index (κ2) is 13.1. The number of hydrogen-bond donors (Lipinski definition) is 1. The summed E-state index contributed by atoms with van der Waals surface area (Å²) in [6.45, 7) is 2.89. The number of hydrogen-bond acceptors (Lipinski definition) is 5. The van der Waals surface area contributed by atoms with Gasteiger partial charge >= 0.3 is 6.18 Å². The molecule has 2 saturated heterocycles. The first-order valence-electron chi connectivity index (χ1n) is 14.3. The van der Waals surface area contributed by atoms with Gasteiger partial charge < -0.3 is 19.8 Å². The SMILES string of the molecule is Cc1c(F)cccc1[C@@H]1[C@@H](C(=O)c2cc(O)ccc2F)CN(CCCCN(C)C)C[C@H]1C(=O)N1CCC[C@H]1C(F)(F)F. The third kappa shape index (κ3) is 6.94. The predicted molar refractivity (Wildman–Crippen MR) is 148 cm³/mol. The third-order valence-corrected chi connectivity index (χ3v) is 8.56. The zero-order chi connectivity index (χ0) is 30.8. The summed E-state index contributed by atoms with van der Waals surface area (Å²) < 4.78 is 71.7. The number of carbonyl (C=O) groups is 2. The molecule has 0 aliphatic carbocycles. The molecular formula is C31H38F5N3O3. The molecule has 0 bridgehead atoms. The number of piperidine rings is 1. The lowest BCUT2D eigenvalue weighted by Gasteiger charge is -2.45. The molecule has 11 heteroatoms. The zero-order valence-corrected chi connectivity index (χ0v) is 24.1. The van der Waals surface area contributed by atoms with Gasteiger partial charge in [-0.1, -0.05) is 12.1 Å². The Hall–Kier alpha value is -3.05. The Morgan fingerprint density at radius 2 is 1.74 bits per heavy atom. The molecular weight excluding hydrogens is 557 g/mol. The number of amides is 1. The lowest BCUT2D eigenvalue weighted by molar-refractivity contribution is -0.185. The number of halogens is 5. The Labute approximate surface area is 243 Å². The second-order valence-corrected chi connectivity index (χ2v) is 11.7. The highest BCUT2D eigenvalue weighted by molar-refractivity contribution is 6.00. The van der Waals surface area contributed by atoms with Gasteiger partial charge in [0.25, 0.3) is 0 Å². The van der Waals surface area contributed by atoms with Gasteiger partial charge in [-0.15, -0.1) is 0 Å². The van der Waals surface area contributed by atoms with Gasteiger partial charge in [-0.25, -0.2) is 8.78 Å². The van der Waals surface area contributed by atoms with Crippen LogP contribution in [0, 0.1) is 30.4 Å². The number of benzene rings is 2. The fourth-order valence-corrected chi connectivity index (χ4v) is 6.47. The predicted octanol–water partition coefficient (Wildman–Crippen LogP) is 5.39. The first kappa shape index (κ1) is 31.9. The largest absolute Gasteiger partial charge is 0.508 e. The van der Waals surface area contributed by atoms with E-state index in [2.05, 4.69) is 0 Å². The molecule has 0 radical (unpaired) electrons. The summed E-state index contributed by atoms with van der Waals surface area (Å²) in [5.41, 5.74) is 0.138. The standard InChI is InChI=1S/C31H38F5N3O3/c1-19-21(8-6-9-25(19)32)28-23(29(41)22-16-20(40)11-12-26(22)33)17-38(14-5-4-13-37(2)3)18-24(28)30(42)39-15-7-10-27(39)31(34,35)36/h6,8-9,11-12,16,23-24,27-28,40H,4-5,7,10,13-15,17-18H2,1-3H3/t23-,24+,27-,28+/m0/s1. The van der Waals surface area contributed by atoms with Crippen molar-refractivity contribution in [1.82, 2.24) is 14.7 Å². The first-order chi connectivity index (χ1) is 19.8. The number of likely N-dealkylation sites (tertiary alicyclic amines) is 2. The Balaban J connectivity index is 1.80. The summed E-state index contributed by atoms with van der Waals surface area (Å²) in [5.74, 6) is -6.39. The van der Waals surface area contributed by atoms with Crippen molar-refractivity contribution in [2.24, 2.45) is 11.8 Å². The van der Waals surface area contributed by atoms with E-state index < -0.39 is 53.3 Å². The van der Waals surface area contributed by atoms with Crippen LogP contribution in [0.5, 0.6) is 5.75 Å². The lowest BCUT2D eigenvalue weighted by Crippen LogP contribution is -2.55. The molecule has 2 aliphatic heterocycles. The number of phenolic OH excluding ortho intramolecular Hbond substituents is 1. The lowest BCUT2D eigenvalue weighted by atomic mass is 9.69. The van der Waals surface area contributed by atoms with Crippen LogP contribution in [0.25, 0.3) is 0 Å². The highest BCUT2D eigenvalue weighted by Crippen LogP contribution is 2.44. The molecule has 2 aliphatic rings. The maximum absolute atomic E-state index is 14.9. The number of aromatic hydroxyl groups is 1. The van der Waals surface area contributed by atoms with Gasteiger partial charge in [0.15, 0.2) is 5.78 Å². The van der Waals surface area contributed by atoms with Crippen molar-refractivity contribution in [3.8, 4) is 5.75 Å². The minimum absolute atomic E-state index is 0.0724. The van der Waals surface area contributed by atoms with Crippen LogP contribution in [-0.2, 0) is 4.79 Å². The molecule has 230 valence electrons. The Morgan fingerprint density at radius 1 is 1.02 bits per heavy atom. The summed E-state index contributed by atoms with van der Waals surface area (Å²) in [6, 6.07) is 5.41. The second-order valence-electron chi connectivity index (χ2n) is 11.7. The Bertz CT molecular complexity index is 1280. The molecule has 2 heterocycles. The van der Waals surface area contributed by atoms with Crippen molar-refractivity contribution in [2.45, 2.75) is 50.7 Å². The van der Waals surface area contributed by atoms with Crippen LogP contribution in [0.2, 0.25) is 0 Å². The molecule has 0 spiro atoms. The van der Waals surface area contributed by atoms with Gasteiger partial charge in [-0.3, -0.25) is 9.59 Å². The summed E-state index contributed by atoms with van der Waals surface area (Å²) in [6.07, 6.45) is -3.11. The highest BCUT2D eigenvalue weighted by atomic mass is 19.4. The number of Topliss-reactive ketones (excluding diaryl/α,β-unsaturated/α-hetero) is 1. The minimum atomic E-state index is -4.61. The highest BCUT2D eigenvalue weighted by Gasteiger charge is 2.52. The van der Waals surface area contributed by atoms with Crippen LogP contribution in [0.4, 0.5) is 22.0 Å². The zero-order valence-electron chi connectivity index (χ0n) is 24.1. The van der Waals surface area contributed by atoms with Crippen molar-refractivity contribution >= 4 is 11.7 Å². The van der Waals surface area contributed by atoms with Crippen LogP contribution in [0.1, 0.15) is 53.1 Å². The van der Waals surface area contributed by atoms with Crippen molar-refractivity contribution in [1.29, 1.82) is 0 Å². The molecule has 4 atom stereocenters. The number of phenols is 1. The quantitative estimate of drug-likeness (QED) is 0.239. The van der Waals surface area contributed by atoms with E-state index in [1.807, 2.05) is 23.9 Å². The van der Waals surface area contributed by atoms with Crippen LogP contribution in [0.3, 0.4) is 0 Å². The Kier molecular flexibility index (Phi) is 9.92. The Morgan fingerprint density at radius 3 is 2.43 bits per heavy atom. The average molecular weight is 596 g/mol. The molecule has 4 rings (SSSR count). The molecule has 1 N–H and O–H groups in total. The van der Waals surface area contributed by atoms with E-state index in [1.165, 1.54) is 19.1 Å². The summed E-state index contributed by atoms with van der Waals surface area (Å²) in [5, 5.41) is 10.0. The van der Waals surface area contributed by atoms with Crippen molar-refractivity contribution < 1.29 is 36.6 Å². The van der Waals surface area contributed by atoms with E-state index in [4.69, 9.17) is 0 Å². The third-order valence-electron chi connectivity index (χ3n) is 8.56. The number of alkyl halides is 3. The molecule has 6 nitrogen and oxygen atoms in total. The molecule has 0 aromatic heterocycles. The van der Waals surface area contributed by atoms with E-state index in [9.17, 15) is 36.6 Å². The van der Waals surface area contributed by atoms with Gasteiger partial charge in [0.05, 0.1) is 11.5 Å². The van der Waals surface area contributed by atoms with E-state index >= 15 is 0 Å². The fraction of sp³-hybridized carbons (Fsp3) is 0.548. The molecule has 2 aromatic carbocycles. The first-order valence-corrected chi connectivity index (χ1v) is 14.3. The van der Waals surface area contributed by atoms with Crippen molar-refractivity contribution in [2.75, 3.05) is 46.8 Å².